The minimum atomic E-state index is 0.256. The van der Waals surface area contributed by atoms with Crippen LogP contribution in [0.25, 0.3) is 0 Å². The van der Waals surface area contributed by atoms with E-state index >= 15 is 0 Å². The highest BCUT2D eigenvalue weighted by atomic mass is 16.2. The Labute approximate surface area is 110 Å². The number of hydrogen-bond acceptors (Lipinski definition) is 3. The molecule has 18 heavy (non-hydrogen) atoms. The number of rotatable bonds is 1. The monoisotopic (exact) mass is 251 g/mol. The molecule has 5 unspecified atom stereocenters. The molecule has 5 atom stereocenters. The van der Waals surface area contributed by atoms with E-state index in [9.17, 15) is 4.79 Å². The first-order valence-electron chi connectivity index (χ1n) is 7.33. The number of carbonyl (C=O) groups excluding carboxylic acids is 1. The highest BCUT2D eigenvalue weighted by molar-refractivity contribution is 5.80. The molecule has 4 heteroatoms. The average Bonchev–Trinajstić information content (AvgIpc) is 2.96. The minimum Gasteiger partial charge on any atom is -0.339 e. The van der Waals surface area contributed by atoms with E-state index in [4.69, 9.17) is 0 Å². The lowest BCUT2D eigenvalue weighted by Crippen LogP contribution is -2.58. The van der Waals surface area contributed by atoms with Gasteiger partial charge in [0.05, 0.1) is 5.92 Å². The Balaban J connectivity index is 1.66. The summed E-state index contributed by atoms with van der Waals surface area (Å²) in [7, 11) is 2.16. The largest absolute Gasteiger partial charge is 0.339 e. The average molecular weight is 251 g/mol. The van der Waals surface area contributed by atoms with Crippen molar-refractivity contribution in [2.24, 2.45) is 5.92 Å². The van der Waals surface area contributed by atoms with Crippen LogP contribution in [0, 0.1) is 5.92 Å². The molecule has 3 rings (SSSR count). The highest BCUT2D eigenvalue weighted by Crippen LogP contribution is 2.34. The van der Waals surface area contributed by atoms with Gasteiger partial charge in [-0.3, -0.25) is 9.69 Å². The van der Waals surface area contributed by atoms with Gasteiger partial charge in [0.1, 0.15) is 0 Å². The fourth-order valence-electron chi connectivity index (χ4n) is 3.92. The molecule has 0 spiro atoms. The third-order valence-electron chi connectivity index (χ3n) is 5.29. The Hall–Kier alpha value is -0.610. The lowest BCUT2D eigenvalue weighted by Gasteiger charge is -2.43. The summed E-state index contributed by atoms with van der Waals surface area (Å²) < 4.78 is 0. The van der Waals surface area contributed by atoms with E-state index in [1.165, 1.54) is 12.8 Å². The van der Waals surface area contributed by atoms with Crippen molar-refractivity contribution >= 4 is 5.91 Å². The van der Waals surface area contributed by atoms with Gasteiger partial charge in [0.2, 0.25) is 5.91 Å². The van der Waals surface area contributed by atoms with E-state index in [1.54, 1.807) is 0 Å². The number of nitrogens with one attached hydrogen (secondary N) is 1. The zero-order chi connectivity index (χ0) is 12.9. The van der Waals surface area contributed by atoms with Crippen LogP contribution in [-0.4, -0.2) is 60.0 Å². The molecule has 0 saturated carbocycles. The second-order valence-corrected chi connectivity index (χ2v) is 6.50. The van der Waals surface area contributed by atoms with Crippen molar-refractivity contribution in [3.05, 3.63) is 0 Å². The van der Waals surface area contributed by atoms with Gasteiger partial charge in [0.15, 0.2) is 0 Å². The number of amides is 1. The number of fused-ring (bicyclic) bond motifs is 2. The summed E-state index contributed by atoms with van der Waals surface area (Å²) in [4.78, 5) is 17.1. The topological polar surface area (TPSA) is 35.6 Å². The van der Waals surface area contributed by atoms with Crippen LogP contribution < -0.4 is 5.32 Å². The summed E-state index contributed by atoms with van der Waals surface area (Å²) in [6, 6.07) is 2.03. The van der Waals surface area contributed by atoms with E-state index in [-0.39, 0.29) is 5.92 Å². The van der Waals surface area contributed by atoms with Gasteiger partial charge in [-0.2, -0.15) is 0 Å². The predicted molar refractivity (Wildman–Crippen MR) is 71.3 cm³/mol. The smallest absolute Gasteiger partial charge is 0.227 e. The molecule has 1 amide bonds. The summed E-state index contributed by atoms with van der Waals surface area (Å²) >= 11 is 0. The lowest BCUT2D eigenvalue weighted by molar-refractivity contribution is -0.140. The molecule has 3 fully saturated rings. The molecule has 0 aliphatic carbocycles. The quantitative estimate of drug-likeness (QED) is 0.744. The van der Waals surface area contributed by atoms with Crippen molar-refractivity contribution in [2.75, 3.05) is 20.1 Å². The summed E-state index contributed by atoms with van der Waals surface area (Å²) in [5.74, 6) is 0.660. The Morgan fingerprint density at radius 1 is 1.17 bits per heavy atom. The summed E-state index contributed by atoms with van der Waals surface area (Å²) in [5.41, 5.74) is 0. The Bertz CT molecular complexity index is 334. The molecular weight excluding hydrogens is 226 g/mol. The van der Waals surface area contributed by atoms with Gasteiger partial charge < -0.3 is 10.2 Å². The van der Waals surface area contributed by atoms with Crippen molar-refractivity contribution in [1.29, 1.82) is 0 Å². The van der Waals surface area contributed by atoms with Gasteiger partial charge in [-0.25, -0.2) is 0 Å². The van der Waals surface area contributed by atoms with E-state index in [2.05, 4.69) is 36.0 Å². The SMILES string of the molecule is CC1CN(C(=O)C2CC3CCC2N3)CC(C)N1C. The summed E-state index contributed by atoms with van der Waals surface area (Å²) in [5, 5.41) is 3.57. The van der Waals surface area contributed by atoms with E-state index in [1.807, 2.05) is 0 Å². The summed E-state index contributed by atoms with van der Waals surface area (Å²) in [6.45, 7) is 6.23. The van der Waals surface area contributed by atoms with Crippen molar-refractivity contribution in [3.63, 3.8) is 0 Å². The van der Waals surface area contributed by atoms with Gasteiger partial charge in [-0.05, 0) is 40.2 Å². The molecule has 3 saturated heterocycles. The third-order valence-corrected chi connectivity index (χ3v) is 5.29. The zero-order valence-corrected chi connectivity index (χ0v) is 11.7. The minimum absolute atomic E-state index is 0.256. The Kier molecular flexibility index (Phi) is 3.10. The molecule has 3 aliphatic rings. The van der Waals surface area contributed by atoms with Gasteiger partial charge in [-0.15, -0.1) is 0 Å². The molecule has 0 aromatic carbocycles. The molecule has 3 heterocycles. The normalized spacial score (nSPS) is 44.6. The number of likely N-dealkylation sites (N-methyl/N-ethyl adjacent to an activating group) is 1. The molecule has 2 bridgehead atoms. The van der Waals surface area contributed by atoms with Crippen LogP contribution in [0.15, 0.2) is 0 Å². The van der Waals surface area contributed by atoms with Crippen molar-refractivity contribution in [3.8, 4) is 0 Å². The Morgan fingerprint density at radius 2 is 1.83 bits per heavy atom. The number of piperazine rings is 1. The maximum atomic E-state index is 12.7. The fraction of sp³-hybridized carbons (Fsp3) is 0.929. The molecule has 0 radical (unpaired) electrons. The van der Waals surface area contributed by atoms with Gasteiger partial charge in [0, 0.05) is 37.3 Å². The number of nitrogens with zero attached hydrogens (tertiary/aromatic N) is 2. The summed E-state index contributed by atoms with van der Waals surface area (Å²) in [6.07, 6.45) is 3.53. The zero-order valence-electron chi connectivity index (χ0n) is 11.7. The maximum Gasteiger partial charge on any atom is 0.227 e. The number of hydrogen-bond donors (Lipinski definition) is 1. The van der Waals surface area contributed by atoms with Gasteiger partial charge in [-0.1, -0.05) is 0 Å². The van der Waals surface area contributed by atoms with Crippen LogP contribution in [-0.2, 0) is 4.79 Å². The van der Waals surface area contributed by atoms with Crippen LogP contribution in [0.3, 0.4) is 0 Å². The van der Waals surface area contributed by atoms with Crippen LogP contribution >= 0.6 is 0 Å². The first-order chi connectivity index (χ1) is 8.56. The fourth-order valence-corrected chi connectivity index (χ4v) is 3.92. The number of carbonyl (C=O) groups is 1. The molecule has 3 aliphatic heterocycles. The predicted octanol–water partition coefficient (Wildman–Crippen LogP) is 0.678. The van der Waals surface area contributed by atoms with Crippen molar-refractivity contribution in [1.82, 2.24) is 15.1 Å². The molecule has 0 aromatic rings. The molecular formula is C14H25N3O. The van der Waals surface area contributed by atoms with Crippen LogP contribution in [0.2, 0.25) is 0 Å². The van der Waals surface area contributed by atoms with Crippen LogP contribution in [0.4, 0.5) is 0 Å². The standard InChI is InChI=1S/C14H25N3O/c1-9-7-17(8-10(2)16(9)3)14(18)12-6-11-4-5-13(12)15-11/h9-13,15H,4-8H2,1-3H3. The second kappa shape index (κ2) is 4.49. The van der Waals surface area contributed by atoms with Crippen molar-refractivity contribution in [2.45, 2.75) is 57.3 Å². The first-order valence-corrected chi connectivity index (χ1v) is 7.33. The van der Waals surface area contributed by atoms with Crippen molar-refractivity contribution < 1.29 is 4.79 Å². The molecule has 4 nitrogen and oxygen atoms in total. The molecule has 0 aromatic heterocycles. The highest BCUT2D eigenvalue weighted by Gasteiger charge is 2.45. The van der Waals surface area contributed by atoms with Crippen LogP contribution in [0.1, 0.15) is 33.1 Å². The third kappa shape index (κ3) is 1.95. The van der Waals surface area contributed by atoms with Gasteiger partial charge in [0.25, 0.3) is 0 Å². The maximum absolute atomic E-state index is 12.7. The van der Waals surface area contributed by atoms with E-state index in [0.29, 0.717) is 30.1 Å². The van der Waals surface area contributed by atoms with Crippen LogP contribution in [0.5, 0.6) is 0 Å². The van der Waals surface area contributed by atoms with E-state index in [0.717, 1.165) is 19.5 Å². The molecule has 102 valence electrons. The molecule has 1 N–H and O–H groups in total. The van der Waals surface area contributed by atoms with E-state index < -0.39 is 0 Å². The second-order valence-electron chi connectivity index (χ2n) is 6.50. The first kappa shape index (κ1) is 12.4. The van der Waals surface area contributed by atoms with Gasteiger partial charge >= 0.3 is 0 Å². The lowest BCUT2D eigenvalue weighted by atomic mass is 9.87. The Morgan fingerprint density at radius 3 is 2.33 bits per heavy atom.